The van der Waals surface area contributed by atoms with Gasteiger partial charge in [-0.15, -0.1) is 0 Å². The van der Waals surface area contributed by atoms with Crippen molar-refractivity contribution in [1.82, 2.24) is 0 Å². The van der Waals surface area contributed by atoms with Crippen molar-refractivity contribution in [1.29, 1.82) is 0 Å². The zero-order valence-electron chi connectivity index (χ0n) is 13.9. The van der Waals surface area contributed by atoms with E-state index in [-0.39, 0.29) is 0 Å². The number of allylic oxidation sites excluding steroid dienone is 2. The molecular formula is C19H28N2. The second-order valence-corrected chi connectivity index (χ2v) is 5.10. The fraction of sp³-hybridized carbons (Fsp3) is 0.421. The molecule has 0 aliphatic carbocycles. The standard InChI is InChI=1S/C19H28N2/c1-6-10-17(8-3)19(9-4)21-15(5)20-18-13-11-16(7-2)12-14-18/h8,11-14,20H,5-7,9-10H2,1-4H3/b17-8-,21-19-. The summed E-state index contributed by atoms with van der Waals surface area (Å²) in [7, 11) is 0. The lowest BCUT2D eigenvalue weighted by atomic mass is 10.0. The number of rotatable bonds is 8. The molecule has 1 aromatic rings. The van der Waals surface area contributed by atoms with Crippen molar-refractivity contribution in [3.8, 4) is 0 Å². The topological polar surface area (TPSA) is 24.4 Å². The number of hydrogen-bond donors (Lipinski definition) is 1. The highest BCUT2D eigenvalue weighted by Crippen LogP contribution is 2.15. The van der Waals surface area contributed by atoms with Crippen LogP contribution in [0.15, 0.2) is 53.3 Å². The Morgan fingerprint density at radius 2 is 1.86 bits per heavy atom. The Balaban J connectivity index is 2.78. The molecule has 0 bridgehead atoms. The molecule has 0 radical (unpaired) electrons. The van der Waals surface area contributed by atoms with Gasteiger partial charge in [0.2, 0.25) is 0 Å². The van der Waals surface area contributed by atoms with E-state index in [0.29, 0.717) is 5.82 Å². The second kappa shape index (κ2) is 9.17. The Morgan fingerprint density at radius 3 is 2.33 bits per heavy atom. The lowest BCUT2D eigenvalue weighted by Gasteiger charge is -2.11. The molecule has 2 nitrogen and oxygen atoms in total. The van der Waals surface area contributed by atoms with E-state index in [1.54, 1.807) is 0 Å². The molecule has 0 saturated carbocycles. The van der Waals surface area contributed by atoms with E-state index in [1.165, 1.54) is 11.1 Å². The predicted octanol–water partition coefficient (Wildman–Crippen LogP) is 5.73. The van der Waals surface area contributed by atoms with Crippen LogP contribution in [0.3, 0.4) is 0 Å². The minimum Gasteiger partial charge on any atom is -0.341 e. The summed E-state index contributed by atoms with van der Waals surface area (Å²) in [6.45, 7) is 12.6. The number of aryl methyl sites for hydroxylation is 1. The molecule has 0 atom stereocenters. The average molecular weight is 284 g/mol. The van der Waals surface area contributed by atoms with Crippen molar-refractivity contribution in [3.63, 3.8) is 0 Å². The molecule has 0 heterocycles. The van der Waals surface area contributed by atoms with E-state index in [9.17, 15) is 0 Å². The zero-order valence-corrected chi connectivity index (χ0v) is 13.9. The van der Waals surface area contributed by atoms with Crippen LogP contribution in [0.5, 0.6) is 0 Å². The molecule has 1 N–H and O–H groups in total. The lowest BCUT2D eigenvalue weighted by Crippen LogP contribution is -2.05. The van der Waals surface area contributed by atoms with Gasteiger partial charge in [-0.3, -0.25) is 0 Å². The minimum absolute atomic E-state index is 0.701. The molecule has 1 aromatic carbocycles. The van der Waals surface area contributed by atoms with E-state index in [0.717, 1.165) is 37.1 Å². The molecule has 0 amide bonds. The molecule has 1 rings (SSSR count). The summed E-state index contributed by atoms with van der Waals surface area (Å²) in [6, 6.07) is 8.42. The Hall–Kier alpha value is -1.83. The molecular weight excluding hydrogens is 256 g/mol. The summed E-state index contributed by atoms with van der Waals surface area (Å²) >= 11 is 0. The van der Waals surface area contributed by atoms with Gasteiger partial charge in [-0.2, -0.15) is 0 Å². The Kier molecular flexibility index (Phi) is 7.52. The summed E-state index contributed by atoms with van der Waals surface area (Å²) in [5.41, 5.74) is 4.82. The molecule has 0 spiro atoms. The third-order valence-corrected chi connectivity index (χ3v) is 3.49. The van der Waals surface area contributed by atoms with Crippen molar-refractivity contribution in [2.45, 2.75) is 53.4 Å². The van der Waals surface area contributed by atoms with Gasteiger partial charge in [0.1, 0.15) is 5.82 Å². The summed E-state index contributed by atoms with van der Waals surface area (Å²) in [6.07, 6.45) is 6.35. The second-order valence-electron chi connectivity index (χ2n) is 5.10. The maximum Gasteiger partial charge on any atom is 0.123 e. The molecule has 21 heavy (non-hydrogen) atoms. The first-order chi connectivity index (χ1) is 10.1. The van der Waals surface area contributed by atoms with Gasteiger partial charge in [-0.25, -0.2) is 4.99 Å². The van der Waals surface area contributed by atoms with Gasteiger partial charge in [0, 0.05) is 11.4 Å². The fourth-order valence-electron chi connectivity index (χ4n) is 2.28. The number of nitrogens with zero attached hydrogens (tertiary/aromatic N) is 1. The summed E-state index contributed by atoms with van der Waals surface area (Å²) < 4.78 is 0. The third kappa shape index (κ3) is 5.58. The molecule has 114 valence electrons. The summed E-state index contributed by atoms with van der Waals surface area (Å²) in [4.78, 5) is 4.67. The van der Waals surface area contributed by atoms with E-state index >= 15 is 0 Å². The van der Waals surface area contributed by atoms with Gasteiger partial charge in [0.25, 0.3) is 0 Å². The Morgan fingerprint density at radius 1 is 1.19 bits per heavy atom. The minimum atomic E-state index is 0.701. The highest BCUT2D eigenvalue weighted by atomic mass is 15.0. The number of anilines is 1. The Bertz CT molecular complexity index is 507. The van der Waals surface area contributed by atoms with Crippen molar-refractivity contribution < 1.29 is 0 Å². The number of hydrogen-bond acceptors (Lipinski definition) is 2. The lowest BCUT2D eigenvalue weighted by molar-refractivity contribution is 0.926. The fourth-order valence-corrected chi connectivity index (χ4v) is 2.28. The van der Waals surface area contributed by atoms with Crippen LogP contribution < -0.4 is 5.32 Å². The average Bonchev–Trinajstić information content (AvgIpc) is 2.51. The number of nitrogens with one attached hydrogen (secondary N) is 1. The van der Waals surface area contributed by atoms with Gasteiger partial charge < -0.3 is 5.32 Å². The summed E-state index contributed by atoms with van der Waals surface area (Å²) in [5, 5.41) is 3.27. The number of benzene rings is 1. The van der Waals surface area contributed by atoms with Gasteiger partial charge >= 0.3 is 0 Å². The molecule has 0 aliphatic heterocycles. The van der Waals surface area contributed by atoms with Gasteiger partial charge in [-0.05, 0) is 49.5 Å². The van der Waals surface area contributed by atoms with Crippen LogP contribution in [0.1, 0.15) is 52.5 Å². The molecule has 0 fully saturated rings. The number of aliphatic imine (C=N–C) groups is 1. The molecule has 0 unspecified atom stereocenters. The maximum atomic E-state index is 4.67. The largest absolute Gasteiger partial charge is 0.341 e. The first-order valence-corrected chi connectivity index (χ1v) is 7.92. The van der Waals surface area contributed by atoms with Crippen LogP contribution >= 0.6 is 0 Å². The molecule has 2 heteroatoms. The van der Waals surface area contributed by atoms with E-state index < -0.39 is 0 Å². The van der Waals surface area contributed by atoms with Crippen molar-refractivity contribution in [3.05, 3.63) is 53.9 Å². The van der Waals surface area contributed by atoms with Crippen molar-refractivity contribution in [2.24, 2.45) is 4.99 Å². The van der Waals surface area contributed by atoms with Gasteiger partial charge in [0.05, 0.1) is 0 Å². The first-order valence-electron chi connectivity index (χ1n) is 7.92. The third-order valence-electron chi connectivity index (χ3n) is 3.49. The van der Waals surface area contributed by atoms with Gasteiger partial charge in [-0.1, -0.05) is 52.0 Å². The normalized spacial score (nSPS) is 12.4. The summed E-state index contributed by atoms with van der Waals surface area (Å²) in [5.74, 6) is 0.701. The smallest absolute Gasteiger partial charge is 0.123 e. The van der Waals surface area contributed by atoms with Crippen molar-refractivity contribution in [2.75, 3.05) is 5.32 Å². The van der Waals surface area contributed by atoms with Crippen LogP contribution in [-0.4, -0.2) is 5.71 Å². The van der Waals surface area contributed by atoms with Crippen LogP contribution in [-0.2, 0) is 6.42 Å². The monoisotopic (exact) mass is 284 g/mol. The van der Waals surface area contributed by atoms with E-state index in [4.69, 9.17) is 0 Å². The SMILES string of the molecule is C=C(/N=C(CC)\C(=C/C)CCC)Nc1ccc(CC)cc1. The highest BCUT2D eigenvalue weighted by Gasteiger charge is 2.04. The van der Waals surface area contributed by atoms with E-state index in [1.807, 2.05) is 0 Å². The molecule has 0 aromatic heterocycles. The maximum absolute atomic E-state index is 4.67. The van der Waals surface area contributed by atoms with Crippen LogP contribution in [0, 0.1) is 0 Å². The quantitative estimate of drug-likeness (QED) is 0.606. The highest BCUT2D eigenvalue weighted by molar-refractivity contribution is 6.00. The predicted molar refractivity (Wildman–Crippen MR) is 95.0 cm³/mol. The van der Waals surface area contributed by atoms with Gasteiger partial charge in [0.15, 0.2) is 0 Å². The Labute approximate surface area is 129 Å². The zero-order chi connectivity index (χ0) is 15.7. The van der Waals surface area contributed by atoms with Crippen LogP contribution in [0.2, 0.25) is 0 Å². The first kappa shape index (κ1) is 17.2. The van der Waals surface area contributed by atoms with Crippen molar-refractivity contribution >= 4 is 11.4 Å². The van der Waals surface area contributed by atoms with Crippen LogP contribution in [0.25, 0.3) is 0 Å². The van der Waals surface area contributed by atoms with Crippen LogP contribution in [0.4, 0.5) is 5.69 Å². The molecule has 0 saturated heterocycles. The van der Waals surface area contributed by atoms with E-state index in [2.05, 4.69) is 74.9 Å². The molecule has 0 aliphatic rings.